The monoisotopic (exact) mass is 578 g/mol. The van der Waals surface area contributed by atoms with Gasteiger partial charge in [0.25, 0.3) is 0 Å². The number of hydrogen-bond donors (Lipinski definition) is 0. The molecule has 0 spiro atoms. The van der Waals surface area contributed by atoms with Crippen LogP contribution >= 0.6 is 23.2 Å². The molecule has 10 heteroatoms. The van der Waals surface area contributed by atoms with Crippen LogP contribution in [0.5, 0.6) is 0 Å². The number of aromatic nitrogens is 3. The minimum absolute atomic E-state index is 0.0887. The van der Waals surface area contributed by atoms with Gasteiger partial charge in [0, 0.05) is 40.3 Å². The van der Waals surface area contributed by atoms with Crippen molar-refractivity contribution in [2.24, 2.45) is 0 Å². The van der Waals surface area contributed by atoms with Crippen LogP contribution in [0, 0.1) is 6.92 Å². The molecule has 2 aromatic carbocycles. The molecule has 3 fully saturated rings. The van der Waals surface area contributed by atoms with Crippen LogP contribution in [0.25, 0.3) is 22.7 Å². The number of fused-ring (bicyclic) bond motifs is 2. The second-order valence-electron chi connectivity index (χ2n) is 11.0. The summed E-state index contributed by atoms with van der Waals surface area (Å²) >= 11 is 13.1. The zero-order valence-corrected chi connectivity index (χ0v) is 23.5. The topological polar surface area (TPSA) is 94.5 Å². The quantitative estimate of drug-likeness (QED) is 0.199. The van der Waals surface area contributed by atoms with Gasteiger partial charge in [0.15, 0.2) is 0 Å². The molecule has 0 radical (unpaired) electrons. The lowest BCUT2D eigenvalue weighted by atomic mass is 10.00. The maximum Gasteiger partial charge on any atom is 0.318 e. The van der Waals surface area contributed by atoms with Gasteiger partial charge in [-0.3, -0.25) is 4.79 Å². The van der Waals surface area contributed by atoms with Crippen molar-refractivity contribution < 1.29 is 18.5 Å². The van der Waals surface area contributed by atoms with Gasteiger partial charge in [-0.25, -0.2) is 0 Å². The summed E-state index contributed by atoms with van der Waals surface area (Å²) in [4.78, 5) is 13.4. The minimum atomic E-state index is 0.0887. The van der Waals surface area contributed by atoms with Crippen molar-refractivity contribution in [1.82, 2.24) is 15.4 Å². The normalized spacial score (nSPS) is 22.2. The molecule has 0 amide bonds. The van der Waals surface area contributed by atoms with Crippen LogP contribution in [0.3, 0.4) is 0 Å². The van der Waals surface area contributed by atoms with Crippen LogP contribution in [0.4, 0.5) is 6.01 Å². The van der Waals surface area contributed by atoms with Crippen molar-refractivity contribution in [3.05, 3.63) is 68.9 Å². The van der Waals surface area contributed by atoms with Crippen LogP contribution in [0.1, 0.15) is 71.7 Å². The fourth-order valence-electron chi connectivity index (χ4n) is 6.25. The summed E-state index contributed by atoms with van der Waals surface area (Å²) in [5.41, 5.74) is 4.70. The zero-order valence-electron chi connectivity index (χ0n) is 22.0. The zero-order chi connectivity index (χ0) is 27.4. The van der Waals surface area contributed by atoms with Crippen molar-refractivity contribution in [3.63, 3.8) is 0 Å². The standard InChI is InChI=1S/C30H28Cl2N4O4/c1-16-11-17(14-37)5-10-22(16)29-33-34-30(39-29)36-19-8-9-20(36)13-21(12-19)38-15-23-27(35-40-28(23)18-6-7-18)26-24(31)3-2-4-25(26)32/h2-5,10-11,14,18-21H,6-9,12-13,15H2,1H3. The van der Waals surface area contributed by atoms with E-state index in [1.54, 1.807) is 6.07 Å². The van der Waals surface area contributed by atoms with Gasteiger partial charge in [0.2, 0.25) is 5.89 Å². The van der Waals surface area contributed by atoms with Gasteiger partial charge in [0.1, 0.15) is 17.7 Å². The molecule has 2 aromatic heterocycles. The highest BCUT2D eigenvalue weighted by molar-refractivity contribution is 6.39. The maximum atomic E-state index is 11.1. The highest BCUT2D eigenvalue weighted by atomic mass is 35.5. The SMILES string of the molecule is Cc1cc(C=O)ccc1-c1nnc(N2C3CCC2CC(OCc2c(-c4c(Cl)cccc4Cl)noc2C2CC2)C3)o1. The van der Waals surface area contributed by atoms with Crippen LogP contribution in [-0.4, -0.2) is 39.8 Å². The summed E-state index contributed by atoms with van der Waals surface area (Å²) in [7, 11) is 0. The molecular weight excluding hydrogens is 551 g/mol. The number of piperidine rings is 1. The van der Waals surface area contributed by atoms with E-state index in [9.17, 15) is 4.79 Å². The van der Waals surface area contributed by atoms with Crippen molar-refractivity contribution in [2.75, 3.05) is 4.90 Å². The Labute approximate surface area is 241 Å². The van der Waals surface area contributed by atoms with E-state index in [0.29, 0.717) is 51.3 Å². The first-order chi connectivity index (χ1) is 19.5. The van der Waals surface area contributed by atoms with Gasteiger partial charge >= 0.3 is 6.01 Å². The van der Waals surface area contributed by atoms with Crippen LogP contribution in [0.15, 0.2) is 45.3 Å². The Kier molecular flexibility index (Phi) is 6.65. The fraction of sp³-hybridized carbons (Fsp3) is 0.400. The summed E-state index contributed by atoms with van der Waals surface area (Å²) in [5, 5.41) is 14.2. The van der Waals surface area contributed by atoms with Crippen LogP contribution in [-0.2, 0) is 11.3 Å². The van der Waals surface area contributed by atoms with Crippen molar-refractivity contribution in [3.8, 4) is 22.7 Å². The maximum absolute atomic E-state index is 11.1. The molecule has 2 unspecified atom stereocenters. The summed E-state index contributed by atoms with van der Waals surface area (Å²) in [6, 6.07) is 12.0. The lowest BCUT2D eigenvalue weighted by Crippen LogP contribution is -2.45. The predicted octanol–water partition coefficient (Wildman–Crippen LogP) is 7.41. The largest absolute Gasteiger partial charge is 0.403 e. The molecule has 1 saturated carbocycles. The predicted molar refractivity (Wildman–Crippen MR) is 151 cm³/mol. The molecule has 2 saturated heterocycles. The number of aryl methyl sites for hydroxylation is 1. The number of anilines is 1. The molecule has 7 rings (SSSR count). The van der Waals surface area contributed by atoms with E-state index in [2.05, 4.69) is 20.3 Å². The number of ether oxygens (including phenoxy) is 1. The molecule has 4 aromatic rings. The van der Waals surface area contributed by atoms with Gasteiger partial charge in [-0.1, -0.05) is 45.6 Å². The fourth-order valence-corrected chi connectivity index (χ4v) is 6.83. The second-order valence-corrected chi connectivity index (χ2v) is 11.8. The smallest absolute Gasteiger partial charge is 0.318 e. The first-order valence-corrected chi connectivity index (χ1v) is 14.5. The molecule has 4 heterocycles. The van der Waals surface area contributed by atoms with Gasteiger partial charge in [0.05, 0.1) is 22.8 Å². The molecule has 206 valence electrons. The highest BCUT2D eigenvalue weighted by Gasteiger charge is 2.44. The van der Waals surface area contributed by atoms with Crippen molar-refractivity contribution >= 4 is 35.5 Å². The summed E-state index contributed by atoms with van der Waals surface area (Å²) in [5.74, 6) is 1.74. The highest BCUT2D eigenvalue weighted by Crippen LogP contribution is 2.47. The molecule has 3 aliphatic rings. The first kappa shape index (κ1) is 25.7. The Bertz CT molecular complexity index is 1550. The van der Waals surface area contributed by atoms with E-state index in [-0.39, 0.29) is 18.2 Å². The summed E-state index contributed by atoms with van der Waals surface area (Å²) < 4.78 is 18.5. The number of carbonyl (C=O) groups is 1. The van der Waals surface area contributed by atoms with E-state index in [0.717, 1.165) is 67.3 Å². The average Bonchev–Trinajstić information content (AvgIpc) is 3.43. The van der Waals surface area contributed by atoms with Crippen LogP contribution < -0.4 is 4.90 Å². The van der Waals surface area contributed by atoms with Gasteiger partial charge in [-0.05, 0) is 75.3 Å². The van der Waals surface area contributed by atoms with E-state index in [1.807, 2.05) is 37.3 Å². The van der Waals surface area contributed by atoms with Crippen molar-refractivity contribution in [2.45, 2.75) is 76.2 Å². The number of rotatable bonds is 8. The third-order valence-corrected chi connectivity index (χ3v) is 9.00. The Balaban J connectivity index is 1.07. The number of aldehydes is 1. The van der Waals surface area contributed by atoms with Gasteiger partial charge in [-0.2, -0.15) is 0 Å². The summed E-state index contributed by atoms with van der Waals surface area (Å²) in [6.07, 6.45) is 6.95. The van der Waals surface area contributed by atoms with E-state index in [4.69, 9.17) is 36.9 Å². The summed E-state index contributed by atoms with van der Waals surface area (Å²) in [6.45, 7) is 2.34. The molecular formula is C30H28Cl2N4O4. The minimum Gasteiger partial charge on any atom is -0.403 e. The lowest BCUT2D eigenvalue weighted by molar-refractivity contribution is 0.0139. The average molecular weight is 579 g/mol. The number of hydrogen-bond acceptors (Lipinski definition) is 8. The Morgan fingerprint density at radius 2 is 1.80 bits per heavy atom. The van der Waals surface area contributed by atoms with E-state index >= 15 is 0 Å². The lowest BCUT2D eigenvalue weighted by Gasteiger charge is -2.37. The Hall–Kier alpha value is -3.20. The number of halogens is 2. The van der Waals surface area contributed by atoms with Gasteiger partial charge in [-0.15, -0.1) is 5.10 Å². The Morgan fingerprint density at radius 3 is 2.48 bits per heavy atom. The Morgan fingerprint density at radius 1 is 1.05 bits per heavy atom. The number of benzene rings is 2. The van der Waals surface area contributed by atoms with Crippen molar-refractivity contribution in [1.29, 1.82) is 0 Å². The second kappa shape index (κ2) is 10.3. The first-order valence-electron chi connectivity index (χ1n) is 13.7. The number of nitrogens with zero attached hydrogens (tertiary/aromatic N) is 4. The molecule has 2 aliphatic heterocycles. The third-order valence-electron chi connectivity index (χ3n) is 8.37. The molecule has 40 heavy (non-hydrogen) atoms. The van der Waals surface area contributed by atoms with Gasteiger partial charge < -0.3 is 18.6 Å². The van der Waals surface area contributed by atoms with E-state index in [1.165, 1.54) is 0 Å². The third kappa shape index (κ3) is 4.62. The molecule has 8 nitrogen and oxygen atoms in total. The molecule has 2 bridgehead atoms. The number of carbonyl (C=O) groups excluding carboxylic acids is 1. The molecule has 1 aliphatic carbocycles. The molecule has 2 atom stereocenters. The van der Waals surface area contributed by atoms with E-state index < -0.39 is 0 Å². The molecule has 0 N–H and O–H groups in total. The van der Waals surface area contributed by atoms with Crippen LogP contribution in [0.2, 0.25) is 10.0 Å².